The van der Waals surface area contributed by atoms with E-state index in [4.69, 9.17) is 5.11 Å². The molecular weight excluding hydrogens is 215 g/mol. The lowest BCUT2D eigenvalue weighted by atomic mass is 10.2. The van der Waals surface area contributed by atoms with E-state index in [0.717, 1.165) is 6.07 Å². The minimum Gasteiger partial charge on any atom is -0.394 e. The van der Waals surface area contributed by atoms with Crippen molar-refractivity contribution < 1.29 is 14.4 Å². The molecule has 0 aromatic heterocycles. The van der Waals surface area contributed by atoms with Crippen molar-refractivity contribution in [1.29, 1.82) is 0 Å². The molecule has 0 aliphatic carbocycles. The summed E-state index contributed by atoms with van der Waals surface area (Å²) in [4.78, 5) is 9.72. The Morgan fingerprint density at radius 3 is 2.75 bits per heavy atom. The SMILES string of the molecule is CC[C@H](CO)Nc1ccc([N+](=O)[O-])cc1F. The van der Waals surface area contributed by atoms with E-state index in [1.165, 1.54) is 12.1 Å². The van der Waals surface area contributed by atoms with Gasteiger partial charge in [0.05, 0.1) is 23.3 Å². The van der Waals surface area contributed by atoms with Crippen LogP contribution in [0, 0.1) is 15.9 Å². The van der Waals surface area contributed by atoms with Crippen LogP contribution < -0.4 is 5.32 Å². The van der Waals surface area contributed by atoms with Crippen LogP contribution in [0.4, 0.5) is 15.8 Å². The number of rotatable bonds is 5. The summed E-state index contributed by atoms with van der Waals surface area (Å²) in [6.07, 6.45) is 0.632. The number of aliphatic hydroxyl groups is 1. The molecule has 0 heterocycles. The topological polar surface area (TPSA) is 75.4 Å². The van der Waals surface area contributed by atoms with Crippen LogP contribution in [0.1, 0.15) is 13.3 Å². The van der Waals surface area contributed by atoms with Gasteiger partial charge in [-0.15, -0.1) is 0 Å². The fraction of sp³-hybridized carbons (Fsp3) is 0.400. The quantitative estimate of drug-likeness (QED) is 0.596. The van der Waals surface area contributed by atoms with Gasteiger partial charge in [0.25, 0.3) is 5.69 Å². The van der Waals surface area contributed by atoms with Crippen LogP contribution in [0.2, 0.25) is 0 Å². The zero-order valence-corrected chi connectivity index (χ0v) is 8.81. The van der Waals surface area contributed by atoms with Crippen molar-refractivity contribution in [1.82, 2.24) is 0 Å². The van der Waals surface area contributed by atoms with Crippen molar-refractivity contribution in [3.8, 4) is 0 Å². The zero-order valence-electron chi connectivity index (χ0n) is 8.81. The normalized spacial score (nSPS) is 12.2. The van der Waals surface area contributed by atoms with Crippen molar-refractivity contribution in [2.75, 3.05) is 11.9 Å². The van der Waals surface area contributed by atoms with Gasteiger partial charge in [0.15, 0.2) is 5.82 Å². The highest BCUT2D eigenvalue weighted by atomic mass is 19.1. The Morgan fingerprint density at radius 2 is 2.31 bits per heavy atom. The predicted molar refractivity (Wildman–Crippen MR) is 57.8 cm³/mol. The number of anilines is 1. The van der Waals surface area contributed by atoms with E-state index in [2.05, 4.69) is 5.32 Å². The lowest BCUT2D eigenvalue weighted by Crippen LogP contribution is -2.23. The maximum Gasteiger partial charge on any atom is 0.272 e. The zero-order chi connectivity index (χ0) is 12.1. The van der Waals surface area contributed by atoms with Gasteiger partial charge in [0, 0.05) is 12.1 Å². The Labute approximate surface area is 92.1 Å². The first-order valence-corrected chi connectivity index (χ1v) is 4.89. The van der Waals surface area contributed by atoms with E-state index in [1.807, 2.05) is 6.92 Å². The number of halogens is 1. The number of hydrogen-bond acceptors (Lipinski definition) is 4. The van der Waals surface area contributed by atoms with Crippen molar-refractivity contribution in [3.63, 3.8) is 0 Å². The number of non-ortho nitro benzene ring substituents is 1. The first-order chi connectivity index (χ1) is 7.58. The van der Waals surface area contributed by atoms with Gasteiger partial charge in [0.2, 0.25) is 0 Å². The molecular formula is C10H13FN2O3. The molecule has 1 aromatic carbocycles. The third kappa shape index (κ3) is 2.90. The average Bonchev–Trinajstić information content (AvgIpc) is 2.27. The summed E-state index contributed by atoms with van der Waals surface area (Å²) in [6, 6.07) is 3.12. The maximum atomic E-state index is 13.4. The minimum absolute atomic E-state index is 0.118. The highest BCUT2D eigenvalue weighted by Gasteiger charge is 2.12. The molecule has 1 atom stereocenters. The van der Waals surface area contributed by atoms with E-state index in [-0.39, 0.29) is 24.0 Å². The summed E-state index contributed by atoms with van der Waals surface area (Å²) in [5.74, 6) is -0.693. The molecule has 0 fully saturated rings. The molecule has 88 valence electrons. The third-order valence-corrected chi connectivity index (χ3v) is 2.24. The van der Waals surface area contributed by atoms with Crippen LogP contribution in [0.25, 0.3) is 0 Å². The Morgan fingerprint density at radius 1 is 1.62 bits per heavy atom. The molecule has 0 spiro atoms. The van der Waals surface area contributed by atoms with E-state index >= 15 is 0 Å². The summed E-state index contributed by atoms with van der Waals surface area (Å²) < 4.78 is 13.4. The van der Waals surface area contributed by atoms with E-state index in [9.17, 15) is 14.5 Å². The monoisotopic (exact) mass is 228 g/mol. The van der Waals surface area contributed by atoms with Crippen molar-refractivity contribution in [3.05, 3.63) is 34.1 Å². The lowest BCUT2D eigenvalue weighted by Gasteiger charge is -2.15. The molecule has 1 rings (SSSR count). The molecule has 0 aliphatic heterocycles. The molecule has 16 heavy (non-hydrogen) atoms. The van der Waals surface area contributed by atoms with Crippen molar-refractivity contribution >= 4 is 11.4 Å². The van der Waals surface area contributed by atoms with Gasteiger partial charge in [0.1, 0.15) is 0 Å². The van der Waals surface area contributed by atoms with Crippen molar-refractivity contribution in [2.24, 2.45) is 0 Å². The Hall–Kier alpha value is -1.69. The molecule has 0 saturated heterocycles. The van der Waals surface area contributed by atoms with Gasteiger partial charge in [-0.3, -0.25) is 10.1 Å². The first-order valence-electron chi connectivity index (χ1n) is 4.89. The van der Waals surface area contributed by atoms with Gasteiger partial charge >= 0.3 is 0 Å². The highest BCUT2D eigenvalue weighted by molar-refractivity contribution is 5.50. The molecule has 0 saturated carbocycles. The highest BCUT2D eigenvalue weighted by Crippen LogP contribution is 2.21. The summed E-state index contributed by atoms with van der Waals surface area (Å²) in [5, 5.41) is 22.1. The van der Waals surface area contributed by atoms with E-state index < -0.39 is 10.7 Å². The molecule has 0 radical (unpaired) electrons. The third-order valence-electron chi connectivity index (χ3n) is 2.24. The van der Waals surface area contributed by atoms with Gasteiger partial charge in [-0.2, -0.15) is 0 Å². The number of nitro benzene ring substituents is 1. The number of nitro groups is 1. The predicted octanol–water partition coefficient (Wildman–Crippen LogP) is 1.92. The van der Waals surface area contributed by atoms with Gasteiger partial charge in [-0.1, -0.05) is 6.92 Å². The lowest BCUT2D eigenvalue weighted by molar-refractivity contribution is -0.385. The number of aliphatic hydroxyl groups excluding tert-OH is 1. The second-order valence-corrected chi connectivity index (χ2v) is 3.35. The summed E-state index contributed by atoms with van der Waals surface area (Å²) in [5.41, 5.74) is -0.133. The first kappa shape index (κ1) is 12.4. The van der Waals surface area contributed by atoms with Crippen LogP contribution in [0.5, 0.6) is 0 Å². The molecule has 2 N–H and O–H groups in total. The van der Waals surface area contributed by atoms with Crippen LogP contribution in [0.3, 0.4) is 0 Å². The fourth-order valence-corrected chi connectivity index (χ4v) is 1.23. The number of nitrogens with one attached hydrogen (secondary N) is 1. The Bertz CT molecular complexity index is 380. The molecule has 1 aromatic rings. The summed E-state index contributed by atoms with van der Waals surface area (Å²) in [6.45, 7) is 1.73. The van der Waals surface area contributed by atoms with E-state index in [1.54, 1.807) is 0 Å². The number of hydrogen-bond donors (Lipinski definition) is 2. The molecule has 5 nitrogen and oxygen atoms in total. The molecule has 0 amide bonds. The Kier molecular flexibility index (Phi) is 4.19. The van der Waals surface area contributed by atoms with E-state index in [0.29, 0.717) is 6.42 Å². The second kappa shape index (κ2) is 5.41. The Balaban J connectivity index is 2.86. The number of nitrogens with zero attached hydrogens (tertiary/aromatic N) is 1. The van der Waals surface area contributed by atoms with Crippen LogP contribution in [0.15, 0.2) is 18.2 Å². The average molecular weight is 228 g/mol. The fourth-order valence-electron chi connectivity index (χ4n) is 1.23. The van der Waals surface area contributed by atoms with Crippen LogP contribution >= 0.6 is 0 Å². The van der Waals surface area contributed by atoms with Gasteiger partial charge in [-0.25, -0.2) is 4.39 Å². The maximum absolute atomic E-state index is 13.4. The van der Waals surface area contributed by atoms with Crippen LogP contribution in [-0.4, -0.2) is 22.7 Å². The minimum atomic E-state index is -0.693. The second-order valence-electron chi connectivity index (χ2n) is 3.35. The largest absolute Gasteiger partial charge is 0.394 e. The number of benzene rings is 1. The molecule has 0 unspecified atom stereocenters. The molecule has 0 aliphatic rings. The summed E-state index contributed by atoms with van der Waals surface area (Å²) >= 11 is 0. The van der Waals surface area contributed by atoms with Crippen molar-refractivity contribution in [2.45, 2.75) is 19.4 Å². The summed E-state index contributed by atoms with van der Waals surface area (Å²) in [7, 11) is 0. The molecule has 0 bridgehead atoms. The van der Waals surface area contributed by atoms with Gasteiger partial charge in [-0.05, 0) is 12.5 Å². The smallest absolute Gasteiger partial charge is 0.272 e. The standard InChI is InChI=1S/C10H13FN2O3/c1-2-7(6-14)12-10-4-3-8(13(15)16)5-9(10)11/h3-5,7,12,14H,2,6H2,1H3/t7-/m1/s1. The van der Waals surface area contributed by atoms with Crippen LogP contribution in [-0.2, 0) is 0 Å². The van der Waals surface area contributed by atoms with Gasteiger partial charge < -0.3 is 10.4 Å². The molecule has 6 heteroatoms.